The maximum atomic E-state index is 13.4. The molecule has 33 heavy (non-hydrogen) atoms. The number of hydrogen-bond acceptors (Lipinski definition) is 5. The van der Waals surface area contributed by atoms with Gasteiger partial charge in [0.05, 0.1) is 16.1 Å². The van der Waals surface area contributed by atoms with Crippen molar-refractivity contribution in [3.8, 4) is 5.00 Å². The summed E-state index contributed by atoms with van der Waals surface area (Å²) in [6.45, 7) is 5.03. The third kappa shape index (κ3) is 4.32. The van der Waals surface area contributed by atoms with Crippen LogP contribution in [0.25, 0.3) is 5.00 Å². The Morgan fingerprint density at radius 1 is 1.09 bits per heavy atom. The number of nitro benzene ring substituents is 1. The predicted molar refractivity (Wildman–Crippen MR) is 119 cm³/mol. The van der Waals surface area contributed by atoms with Gasteiger partial charge in [-0.1, -0.05) is 0 Å². The average molecular weight is 478 g/mol. The summed E-state index contributed by atoms with van der Waals surface area (Å²) >= 11 is 1.54. The number of hydrogen-bond donors (Lipinski definition) is 0. The van der Waals surface area contributed by atoms with Gasteiger partial charge in [-0.3, -0.25) is 14.9 Å². The van der Waals surface area contributed by atoms with Crippen LogP contribution in [0.2, 0.25) is 0 Å². The van der Waals surface area contributed by atoms with E-state index in [1.165, 1.54) is 11.3 Å². The number of nitrogens with zero attached hydrogens (tertiary/aromatic N) is 4. The van der Waals surface area contributed by atoms with Crippen molar-refractivity contribution in [3.05, 3.63) is 74.4 Å². The number of aryl methyl sites for hydroxylation is 1. The standard InChI is InChI=1S/C22H21F3N4O3S/c1-14-15(2)33-21(28-7-3-4-8-28)19(14)20(30)27-11-9-26(10-12-27)17-6-5-16(22(23,24)25)13-18(17)29(31)32/h3-8,13H,9-12H2,1-2H3. The first kappa shape index (κ1) is 22.8. The zero-order valence-electron chi connectivity index (χ0n) is 17.9. The third-order valence-corrected chi connectivity index (χ3v) is 7.05. The van der Waals surface area contributed by atoms with Crippen molar-refractivity contribution < 1.29 is 22.9 Å². The Balaban J connectivity index is 1.55. The molecule has 0 unspecified atom stereocenters. The van der Waals surface area contributed by atoms with Gasteiger partial charge in [0, 0.05) is 49.5 Å². The number of benzene rings is 1. The van der Waals surface area contributed by atoms with E-state index in [2.05, 4.69) is 0 Å². The van der Waals surface area contributed by atoms with Crippen LogP contribution in [0.3, 0.4) is 0 Å². The quantitative estimate of drug-likeness (QED) is 0.389. The van der Waals surface area contributed by atoms with Gasteiger partial charge in [-0.25, -0.2) is 0 Å². The molecule has 1 aliphatic rings. The topological polar surface area (TPSA) is 71.6 Å². The highest BCUT2D eigenvalue weighted by Gasteiger charge is 2.35. The van der Waals surface area contributed by atoms with Crippen LogP contribution in [0.15, 0.2) is 42.7 Å². The molecule has 0 bridgehead atoms. The van der Waals surface area contributed by atoms with Crippen molar-refractivity contribution in [2.45, 2.75) is 20.0 Å². The number of rotatable bonds is 4. The zero-order chi connectivity index (χ0) is 23.9. The van der Waals surface area contributed by atoms with Crippen molar-refractivity contribution in [3.63, 3.8) is 0 Å². The van der Waals surface area contributed by atoms with Gasteiger partial charge in [-0.2, -0.15) is 13.2 Å². The number of carbonyl (C=O) groups excluding carboxylic acids is 1. The van der Waals surface area contributed by atoms with Gasteiger partial charge in [0.15, 0.2) is 0 Å². The van der Waals surface area contributed by atoms with Gasteiger partial charge in [-0.15, -0.1) is 11.3 Å². The predicted octanol–water partition coefficient (Wildman–Crippen LogP) is 5.05. The lowest BCUT2D eigenvalue weighted by Gasteiger charge is -2.36. The summed E-state index contributed by atoms with van der Waals surface area (Å²) in [7, 11) is 0. The average Bonchev–Trinajstić information content (AvgIpc) is 3.41. The molecule has 3 heterocycles. The fourth-order valence-corrected chi connectivity index (χ4v) is 5.05. The smallest absolute Gasteiger partial charge is 0.362 e. The second kappa shape index (κ2) is 8.54. The van der Waals surface area contributed by atoms with Crippen LogP contribution < -0.4 is 4.90 Å². The molecule has 2 aromatic heterocycles. The molecule has 0 N–H and O–H groups in total. The number of anilines is 1. The highest BCUT2D eigenvalue weighted by atomic mass is 32.1. The summed E-state index contributed by atoms with van der Waals surface area (Å²) in [6, 6.07) is 6.31. The molecule has 11 heteroatoms. The summed E-state index contributed by atoms with van der Waals surface area (Å²) in [5.41, 5.74) is 0.00395. The minimum absolute atomic E-state index is 0.121. The Bertz CT molecular complexity index is 1200. The van der Waals surface area contributed by atoms with E-state index in [9.17, 15) is 28.1 Å². The lowest BCUT2D eigenvalue weighted by Crippen LogP contribution is -2.49. The van der Waals surface area contributed by atoms with Crippen LogP contribution in [0.1, 0.15) is 26.4 Å². The molecule has 0 atom stereocenters. The van der Waals surface area contributed by atoms with E-state index in [0.717, 1.165) is 27.6 Å². The first-order valence-electron chi connectivity index (χ1n) is 10.2. The maximum Gasteiger partial charge on any atom is 0.416 e. The number of nitro groups is 1. The maximum absolute atomic E-state index is 13.4. The van der Waals surface area contributed by atoms with E-state index < -0.39 is 22.4 Å². The number of amides is 1. The molecule has 3 aromatic rings. The molecule has 0 spiro atoms. The van der Waals surface area contributed by atoms with E-state index in [4.69, 9.17) is 0 Å². The molecule has 1 aromatic carbocycles. The molecule has 1 fully saturated rings. The summed E-state index contributed by atoms with van der Waals surface area (Å²) in [4.78, 5) is 28.4. The van der Waals surface area contributed by atoms with Gasteiger partial charge in [0.25, 0.3) is 11.6 Å². The second-order valence-electron chi connectivity index (χ2n) is 7.79. The molecule has 0 radical (unpaired) electrons. The van der Waals surface area contributed by atoms with Crippen molar-refractivity contribution >= 4 is 28.6 Å². The van der Waals surface area contributed by atoms with Crippen LogP contribution >= 0.6 is 11.3 Å². The Kier molecular flexibility index (Phi) is 5.91. The van der Waals surface area contributed by atoms with E-state index in [1.807, 2.05) is 42.9 Å². The van der Waals surface area contributed by atoms with Crippen LogP contribution in [0, 0.1) is 24.0 Å². The van der Waals surface area contributed by atoms with Gasteiger partial charge in [0.2, 0.25) is 0 Å². The van der Waals surface area contributed by atoms with Crippen LogP contribution in [0.5, 0.6) is 0 Å². The molecule has 1 amide bonds. The van der Waals surface area contributed by atoms with Gasteiger partial charge in [-0.05, 0) is 43.7 Å². The van der Waals surface area contributed by atoms with E-state index in [-0.39, 0.29) is 24.7 Å². The van der Waals surface area contributed by atoms with Crippen LogP contribution in [0.4, 0.5) is 24.5 Å². The highest BCUT2D eigenvalue weighted by Crippen LogP contribution is 2.37. The van der Waals surface area contributed by atoms with Crippen LogP contribution in [-0.4, -0.2) is 46.5 Å². The number of aromatic nitrogens is 1. The lowest BCUT2D eigenvalue weighted by molar-refractivity contribution is -0.384. The van der Waals surface area contributed by atoms with Crippen molar-refractivity contribution in [1.29, 1.82) is 0 Å². The Labute approximate surface area is 191 Å². The molecule has 1 saturated heterocycles. The van der Waals surface area contributed by atoms with Crippen LogP contribution in [-0.2, 0) is 6.18 Å². The Morgan fingerprint density at radius 2 is 1.73 bits per heavy atom. The minimum atomic E-state index is -4.66. The first-order valence-corrected chi connectivity index (χ1v) is 11.0. The van der Waals surface area contributed by atoms with Gasteiger partial charge < -0.3 is 14.4 Å². The van der Waals surface area contributed by atoms with Crippen molar-refractivity contribution in [2.75, 3.05) is 31.1 Å². The fourth-order valence-electron chi connectivity index (χ4n) is 3.93. The molecule has 0 saturated carbocycles. The number of carbonyl (C=O) groups is 1. The summed E-state index contributed by atoms with van der Waals surface area (Å²) in [5, 5.41) is 12.3. The van der Waals surface area contributed by atoms with Crippen molar-refractivity contribution in [1.82, 2.24) is 9.47 Å². The SMILES string of the molecule is Cc1sc(-n2cccc2)c(C(=O)N2CCN(c3ccc(C(F)(F)F)cc3[N+](=O)[O-])CC2)c1C. The molecule has 4 rings (SSSR count). The molecular formula is C22H21F3N4O3S. The fraction of sp³-hybridized carbons (Fsp3) is 0.318. The monoisotopic (exact) mass is 478 g/mol. The second-order valence-corrected chi connectivity index (χ2v) is 8.99. The molecule has 1 aliphatic heterocycles. The minimum Gasteiger partial charge on any atom is -0.362 e. The number of halogens is 3. The molecular weight excluding hydrogens is 457 g/mol. The third-order valence-electron chi connectivity index (χ3n) is 5.83. The molecule has 174 valence electrons. The first-order chi connectivity index (χ1) is 15.6. The largest absolute Gasteiger partial charge is 0.416 e. The molecule has 7 nitrogen and oxygen atoms in total. The number of alkyl halides is 3. The summed E-state index contributed by atoms with van der Waals surface area (Å²) < 4.78 is 40.9. The Hall–Kier alpha value is -3.34. The zero-order valence-corrected chi connectivity index (χ0v) is 18.7. The molecule has 0 aliphatic carbocycles. The Morgan fingerprint density at radius 3 is 2.30 bits per heavy atom. The number of piperazine rings is 1. The highest BCUT2D eigenvalue weighted by molar-refractivity contribution is 7.15. The van der Waals surface area contributed by atoms with Crippen molar-refractivity contribution in [2.24, 2.45) is 0 Å². The van der Waals surface area contributed by atoms with E-state index in [1.54, 1.807) is 9.80 Å². The lowest BCUT2D eigenvalue weighted by atomic mass is 10.1. The number of thiophene rings is 1. The normalized spacial score (nSPS) is 14.6. The van der Waals surface area contributed by atoms with E-state index in [0.29, 0.717) is 24.7 Å². The van der Waals surface area contributed by atoms with E-state index >= 15 is 0 Å². The summed E-state index contributed by atoms with van der Waals surface area (Å²) in [6.07, 6.45) is -0.908. The van der Waals surface area contributed by atoms with Gasteiger partial charge >= 0.3 is 6.18 Å². The van der Waals surface area contributed by atoms with Gasteiger partial charge in [0.1, 0.15) is 10.7 Å². The summed E-state index contributed by atoms with van der Waals surface area (Å²) in [5.74, 6) is -0.123.